The van der Waals surface area contributed by atoms with Crippen LogP contribution in [0.1, 0.15) is 11.5 Å². The summed E-state index contributed by atoms with van der Waals surface area (Å²) in [5.74, 6) is 2.40. The molecule has 0 aliphatic rings. The summed E-state index contributed by atoms with van der Waals surface area (Å²) in [5, 5.41) is 6.69. The van der Waals surface area contributed by atoms with Crippen LogP contribution in [0.2, 0.25) is 0 Å². The summed E-state index contributed by atoms with van der Waals surface area (Å²) < 4.78 is 5.82. The highest BCUT2D eigenvalue weighted by Gasteiger charge is 2.05. The van der Waals surface area contributed by atoms with Crippen LogP contribution in [0.4, 0.5) is 5.82 Å². The average Bonchev–Trinajstić information content (AvgIpc) is 3.03. The van der Waals surface area contributed by atoms with Crippen molar-refractivity contribution in [1.82, 2.24) is 10.3 Å². The average molecular weight is 323 g/mol. The first-order valence-electron chi connectivity index (χ1n) is 7.33. The topological polar surface area (TPSA) is 50.1 Å². The van der Waals surface area contributed by atoms with Gasteiger partial charge in [-0.3, -0.25) is 0 Å². The molecule has 0 saturated carbocycles. The monoisotopic (exact) mass is 323 g/mol. The molecule has 0 fully saturated rings. The fraction of sp³-hybridized carbons (Fsp3) is 0.111. The van der Waals surface area contributed by atoms with E-state index in [1.807, 2.05) is 67.6 Å². The maximum atomic E-state index is 5.82. The van der Waals surface area contributed by atoms with E-state index in [0.717, 1.165) is 28.6 Å². The molecule has 0 aliphatic carbocycles. The van der Waals surface area contributed by atoms with Gasteiger partial charge >= 0.3 is 0 Å². The second kappa shape index (κ2) is 7.07. The van der Waals surface area contributed by atoms with Gasteiger partial charge in [0.1, 0.15) is 17.3 Å². The van der Waals surface area contributed by atoms with Crippen molar-refractivity contribution in [1.29, 1.82) is 0 Å². The lowest BCUT2D eigenvalue weighted by Crippen LogP contribution is -2.28. The van der Waals surface area contributed by atoms with Crippen molar-refractivity contribution >= 4 is 23.1 Å². The van der Waals surface area contributed by atoms with Gasteiger partial charge in [-0.1, -0.05) is 36.4 Å². The number of thiocarbonyl (C=S) groups is 1. The largest absolute Gasteiger partial charge is 0.459 e. The zero-order valence-electron chi connectivity index (χ0n) is 12.7. The summed E-state index contributed by atoms with van der Waals surface area (Å²) in [6.07, 6.45) is 0. The molecule has 0 unspecified atom stereocenters. The minimum absolute atomic E-state index is 0.515. The van der Waals surface area contributed by atoms with Gasteiger partial charge in [0.25, 0.3) is 0 Å². The predicted molar refractivity (Wildman–Crippen MR) is 96.2 cm³/mol. The SMILES string of the molecule is Cc1cccc(NC(=S)NCc2ccc(-c3ccccc3)o2)n1. The number of benzene rings is 1. The number of nitrogens with one attached hydrogen (secondary N) is 2. The Bertz CT molecular complexity index is 799. The number of hydrogen-bond donors (Lipinski definition) is 2. The van der Waals surface area contributed by atoms with Gasteiger partial charge < -0.3 is 15.1 Å². The number of rotatable bonds is 4. The summed E-state index contributed by atoms with van der Waals surface area (Å²) in [6.45, 7) is 2.46. The molecule has 3 rings (SSSR count). The summed E-state index contributed by atoms with van der Waals surface area (Å²) in [4.78, 5) is 4.35. The maximum absolute atomic E-state index is 5.82. The van der Waals surface area contributed by atoms with Crippen molar-refractivity contribution in [3.05, 3.63) is 72.1 Å². The Kier molecular flexibility index (Phi) is 4.68. The van der Waals surface area contributed by atoms with Gasteiger partial charge in [-0.05, 0) is 43.4 Å². The highest BCUT2D eigenvalue weighted by atomic mass is 32.1. The Balaban J connectivity index is 1.56. The highest BCUT2D eigenvalue weighted by molar-refractivity contribution is 7.80. The molecule has 0 amide bonds. The lowest BCUT2D eigenvalue weighted by atomic mass is 10.2. The molecule has 1 aromatic carbocycles. The summed E-state index contributed by atoms with van der Waals surface area (Å²) >= 11 is 5.27. The predicted octanol–water partition coefficient (Wildman–Crippen LogP) is 4.14. The van der Waals surface area contributed by atoms with Gasteiger partial charge in [0.2, 0.25) is 0 Å². The van der Waals surface area contributed by atoms with E-state index in [4.69, 9.17) is 16.6 Å². The van der Waals surface area contributed by atoms with Crippen molar-refractivity contribution in [3.63, 3.8) is 0 Å². The van der Waals surface area contributed by atoms with Crippen molar-refractivity contribution in [2.45, 2.75) is 13.5 Å². The second-order valence-corrected chi connectivity index (χ2v) is 5.51. The number of pyridine rings is 1. The number of anilines is 1. The van der Waals surface area contributed by atoms with Gasteiger partial charge in [-0.25, -0.2) is 4.98 Å². The van der Waals surface area contributed by atoms with Crippen LogP contribution in [-0.2, 0) is 6.54 Å². The molecule has 0 spiro atoms. The van der Waals surface area contributed by atoms with Crippen molar-refractivity contribution in [2.75, 3.05) is 5.32 Å². The molecule has 0 aliphatic heterocycles. The zero-order chi connectivity index (χ0) is 16.1. The molecule has 3 aromatic rings. The van der Waals surface area contributed by atoms with Crippen molar-refractivity contribution < 1.29 is 4.42 Å². The second-order valence-electron chi connectivity index (χ2n) is 5.10. The first-order valence-corrected chi connectivity index (χ1v) is 7.74. The molecule has 23 heavy (non-hydrogen) atoms. The first-order chi connectivity index (χ1) is 11.2. The standard InChI is InChI=1S/C18H17N3OS/c1-13-6-5-9-17(20-13)21-18(23)19-12-15-10-11-16(22-15)14-7-3-2-4-8-14/h2-11H,12H2,1H3,(H2,19,20,21,23). The van der Waals surface area contributed by atoms with E-state index in [9.17, 15) is 0 Å². The Hall–Kier alpha value is -2.66. The molecule has 2 heterocycles. The fourth-order valence-electron chi connectivity index (χ4n) is 2.17. The van der Waals surface area contributed by atoms with E-state index >= 15 is 0 Å². The lowest BCUT2D eigenvalue weighted by molar-refractivity contribution is 0.516. The minimum atomic E-state index is 0.515. The molecule has 116 valence electrons. The quantitative estimate of drug-likeness (QED) is 0.707. The molecule has 0 radical (unpaired) electrons. The third-order valence-electron chi connectivity index (χ3n) is 3.27. The zero-order valence-corrected chi connectivity index (χ0v) is 13.6. The number of aromatic nitrogens is 1. The van der Waals surface area contributed by atoms with Crippen molar-refractivity contribution in [2.24, 2.45) is 0 Å². The Morgan fingerprint density at radius 3 is 2.65 bits per heavy atom. The third-order valence-corrected chi connectivity index (χ3v) is 3.52. The van der Waals surface area contributed by atoms with Gasteiger partial charge in [-0.15, -0.1) is 0 Å². The molecule has 2 N–H and O–H groups in total. The van der Waals surface area contributed by atoms with Gasteiger partial charge in [0, 0.05) is 11.3 Å². The number of furan rings is 1. The minimum Gasteiger partial charge on any atom is -0.459 e. The molecular formula is C18H17N3OS. The summed E-state index contributed by atoms with van der Waals surface area (Å²) in [7, 11) is 0. The van der Waals surface area contributed by atoms with Crippen LogP contribution in [0.3, 0.4) is 0 Å². The van der Waals surface area contributed by atoms with E-state index in [0.29, 0.717) is 11.7 Å². The molecule has 4 nitrogen and oxygen atoms in total. The Morgan fingerprint density at radius 1 is 1.04 bits per heavy atom. The van der Waals surface area contributed by atoms with Crippen LogP contribution in [0.5, 0.6) is 0 Å². The van der Waals surface area contributed by atoms with E-state index in [2.05, 4.69) is 15.6 Å². The van der Waals surface area contributed by atoms with Gasteiger partial charge in [-0.2, -0.15) is 0 Å². The highest BCUT2D eigenvalue weighted by Crippen LogP contribution is 2.21. The van der Waals surface area contributed by atoms with Gasteiger partial charge in [0.15, 0.2) is 5.11 Å². The van der Waals surface area contributed by atoms with E-state index in [-0.39, 0.29) is 0 Å². The normalized spacial score (nSPS) is 10.3. The molecule has 0 saturated heterocycles. The molecule has 0 bridgehead atoms. The number of nitrogens with zero attached hydrogens (tertiary/aromatic N) is 1. The smallest absolute Gasteiger partial charge is 0.172 e. The maximum Gasteiger partial charge on any atom is 0.172 e. The van der Waals surface area contributed by atoms with Gasteiger partial charge in [0.05, 0.1) is 6.54 Å². The molecule has 5 heteroatoms. The molecule has 2 aromatic heterocycles. The van der Waals surface area contributed by atoms with Crippen LogP contribution < -0.4 is 10.6 Å². The lowest BCUT2D eigenvalue weighted by Gasteiger charge is -2.09. The first kappa shape index (κ1) is 15.2. The van der Waals surface area contributed by atoms with Crippen LogP contribution in [0.25, 0.3) is 11.3 Å². The fourth-order valence-corrected chi connectivity index (χ4v) is 2.35. The Morgan fingerprint density at radius 2 is 1.87 bits per heavy atom. The summed E-state index contributed by atoms with van der Waals surface area (Å²) in [5.41, 5.74) is 2.00. The van der Waals surface area contributed by atoms with Crippen LogP contribution in [0.15, 0.2) is 65.1 Å². The summed E-state index contributed by atoms with van der Waals surface area (Å²) in [6, 6.07) is 19.7. The third kappa shape index (κ3) is 4.17. The Labute approximate surface area is 140 Å². The van der Waals surface area contributed by atoms with Crippen LogP contribution >= 0.6 is 12.2 Å². The van der Waals surface area contributed by atoms with E-state index < -0.39 is 0 Å². The van der Waals surface area contributed by atoms with Crippen LogP contribution in [0, 0.1) is 6.92 Å². The number of hydrogen-bond acceptors (Lipinski definition) is 3. The van der Waals surface area contributed by atoms with E-state index in [1.54, 1.807) is 0 Å². The number of aryl methyl sites for hydroxylation is 1. The van der Waals surface area contributed by atoms with Crippen LogP contribution in [-0.4, -0.2) is 10.1 Å². The molecular weight excluding hydrogens is 306 g/mol. The molecule has 0 atom stereocenters. The van der Waals surface area contributed by atoms with E-state index in [1.165, 1.54) is 0 Å². The van der Waals surface area contributed by atoms with Crippen molar-refractivity contribution in [3.8, 4) is 11.3 Å².